The van der Waals surface area contributed by atoms with Crippen LogP contribution in [0.3, 0.4) is 0 Å². The van der Waals surface area contributed by atoms with Crippen molar-refractivity contribution in [2.24, 2.45) is 4.99 Å². The number of aliphatic imine (C=N–C) groups is 1. The molecule has 0 aliphatic carbocycles. The fraction of sp³-hybridized carbons (Fsp3) is 0.294. The van der Waals surface area contributed by atoms with Crippen LogP contribution in [0.1, 0.15) is 22.3 Å². The number of morpholine rings is 1. The van der Waals surface area contributed by atoms with Crippen LogP contribution in [0.25, 0.3) is 0 Å². The number of nitriles is 1. The highest BCUT2D eigenvalue weighted by molar-refractivity contribution is 6.14. The fourth-order valence-electron chi connectivity index (χ4n) is 5.36. The van der Waals surface area contributed by atoms with E-state index in [-0.39, 0.29) is 25.1 Å². The minimum atomic E-state index is -0.524. The smallest absolute Gasteiger partial charge is 0.410 e. The predicted octanol–water partition coefficient (Wildman–Crippen LogP) is 4.39. The Morgan fingerprint density at radius 1 is 1.05 bits per heavy atom. The Morgan fingerprint density at radius 2 is 1.72 bits per heavy atom. The molecule has 2 aliphatic rings. The second-order valence-corrected chi connectivity index (χ2v) is 10.5. The maximum atomic E-state index is 13.5. The topological polar surface area (TPSA) is 98.5 Å². The van der Waals surface area contributed by atoms with Gasteiger partial charge in [-0.3, -0.25) is 14.6 Å². The molecule has 0 saturated carbocycles. The van der Waals surface area contributed by atoms with E-state index >= 15 is 0 Å². The molecule has 220 valence electrons. The van der Waals surface area contributed by atoms with E-state index < -0.39 is 6.09 Å². The van der Waals surface area contributed by atoms with Crippen LogP contribution >= 0.6 is 0 Å². The lowest BCUT2D eigenvalue weighted by Gasteiger charge is -2.43. The third kappa shape index (κ3) is 7.55. The number of benzene rings is 3. The summed E-state index contributed by atoms with van der Waals surface area (Å²) >= 11 is 0. The van der Waals surface area contributed by atoms with E-state index in [4.69, 9.17) is 14.5 Å². The lowest BCUT2D eigenvalue weighted by Crippen LogP contribution is -2.61. The summed E-state index contributed by atoms with van der Waals surface area (Å²) in [5, 5.41) is 9.94. The number of amides is 2. The van der Waals surface area contributed by atoms with Gasteiger partial charge in [-0.25, -0.2) is 9.79 Å². The van der Waals surface area contributed by atoms with Crippen LogP contribution in [0.5, 0.6) is 0 Å². The van der Waals surface area contributed by atoms with Gasteiger partial charge < -0.3 is 14.4 Å². The normalized spacial score (nSPS) is 17.2. The third-order valence-electron chi connectivity index (χ3n) is 7.54. The second kappa shape index (κ2) is 14.4. The first-order chi connectivity index (χ1) is 21.1. The molecular formula is C34H35N5O4. The maximum Gasteiger partial charge on any atom is 0.410 e. The van der Waals surface area contributed by atoms with Gasteiger partial charge in [0.25, 0.3) is 0 Å². The molecule has 5 rings (SSSR count). The highest BCUT2D eigenvalue weighted by Crippen LogP contribution is 2.26. The second-order valence-electron chi connectivity index (χ2n) is 10.5. The summed E-state index contributed by atoms with van der Waals surface area (Å²) in [7, 11) is 0. The molecule has 0 radical (unpaired) electrons. The summed E-state index contributed by atoms with van der Waals surface area (Å²) < 4.78 is 10.8. The number of carbonyl (C=O) groups is 2. The van der Waals surface area contributed by atoms with Crippen LogP contribution < -0.4 is 0 Å². The highest BCUT2D eigenvalue weighted by Gasteiger charge is 2.36. The Bertz CT molecular complexity index is 1450. The Hall–Kier alpha value is -4.78. The Kier molecular flexibility index (Phi) is 9.95. The summed E-state index contributed by atoms with van der Waals surface area (Å²) in [6.45, 7) is 7.69. The van der Waals surface area contributed by atoms with Crippen molar-refractivity contribution in [3.05, 3.63) is 114 Å². The van der Waals surface area contributed by atoms with Crippen LogP contribution in [0.4, 0.5) is 10.5 Å². The zero-order valence-corrected chi connectivity index (χ0v) is 24.1. The number of piperazine rings is 1. The first-order valence-electron chi connectivity index (χ1n) is 14.4. The lowest BCUT2D eigenvalue weighted by atomic mass is 10.0. The molecule has 0 spiro atoms. The zero-order valence-electron chi connectivity index (χ0n) is 24.1. The van der Waals surface area contributed by atoms with Crippen molar-refractivity contribution >= 4 is 23.4 Å². The van der Waals surface area contributed by atoms with Gasteiger partial charge >= 0.3 is 6.09 Å². The average Bonchev–Trinajstić information content (AvgIpc) is 3.05. The van der Waals surface area contributed by atoms with E-state index in [1.54, 1.807) is 6.07 Å². The standard InChI is InChI=1S/C34H35N5O4/c1-2-17-43-34(41)38-24-30(23-37-15-18-42-19-16-37)39(32(40)25-38)22-26-13-14-29(21-35)31(20-26)36-33(27-9-5-3-6-10-27)28-11-7-4-8-12-28/h2-14,20,30H,1,15-19,22-25H2/t30-/m0/s1. The predicted molar refractivity (Wildman–Crippen MR) is 164 cm³/mol. The Morgan fingerprint density at radius 3 is 2.35 bits per heavy atom. The van der Waals surface area contributed by atoms with Crippen molar-refractivity contribution in [1.82, 2.24) is 14.7 Å². The van der Waals surface area contributed by atoms with Crippen LogP contribution in [-0.4, -0.2) is 91.0 Å². The van der Waals surface area contributed by atoms with Gasteiger partial charge in [0.1, 0.15) is 19.2 Å². The number of rotatable bonds is 9. The summed E-state index contributed by atoms with van der Waals surface area (Å²) in [6, 6.07) is 27.3. The Labute approximate surface area is 252 Å². The van der Waals surface area contributed by atoms with Gasteiger partial charge in [0.05, 0.1) is 36.2 Å². The van der Waals surface area contributed by atoms with E-state index in [2.05, 4.69) is 17.5 Å². The van der Waals surface area contributed by atoms with Crippen LogP contribution in [0.15, 0.2) is 96.5 Å². The molecule has 1 atom stereocenters. The summed E-state index contributed by atoms with van der Waals surface area (Å²) in [4.78, 5) is 36.8. The van der Waals surface area contributed by atoms with Crippen molar-refractivity contribution < 1.29 is 19.1 Å². The molecule has 9 heteroatoms. The largest absolute Gasteiger partial charge is 0.445 e. The molecule has 0 aromatic heterocycles. The number of carbonyl (C=O) groups excluding carboxylic acids is 2. The molecule has 2 amide bonds. The van der Waals surface area contributed by atoms with Crippen molar-refractivity contribution in [2.75, 3.05) is 52.5 Å². The fourth-order valence-corrected chi connectivity index (χ4v) is 5.36. The van der Waals surface area contributed by atoms with Gasteiger partial charge in [-0.05, 0) is 17.7 Å². The molecule has 9 nitrogen and oxygen atoms in total. The summed E-state index contributed by atoms with van der Waals surface area (Å²) in [5.74, 6) is -0.163. The molecule has 2 heterocycles. The van der Waals surface area contributed by atoms with Crippen molar-refractivity contribution in [3.8, 4) is 6.07 Å². The third-order valence-corrected chi connectivity index (χ3v) is 7.54. The van der Waals surface area contributed by atoms with Gasteiger partial charge in [-0.1, -0.05) is 79.4 Å². The first kappa shape index (κ1) is 29.7. The lowest BCUT2D eigenvalue weighted by molar-refractivity contribution is -0.140. The number of hydrogen-bond acceptors (Lipinski definition) is 7. The van der Waals surface area contributed by atoms with E-state index in [9.17, 15) is 14.9 Å². The molecule has 0 N–H and O–H groups in total. The minimum Gasteiger partial charge on any atom is -0.445 e. The number of ether oxygens (including phenoxy) is 2. The van der Waals surface area contributed by atoms with E-state index in [1.165, 1.54) is 11.0 Å². The van der Waals surface area contributed by atoms with Gasteiger partial charge in [-0.15, -0.1) is 0 Å². The summed E-state index contributed by atoms with van der Waals surface area (Å²) in [5.41, 5.74) is 4.45. The quantitative estimate of drug-likeness (QED) is 0.276. The molecule has 3 aromatic carbocycles. The molecular weight excluding hydrogens is 542 g/mol. The molecule has 2 saturated heterocycles. The van der Waals surface area contributed by atoms with Gasteiger partial charge in [-0.2, -0.15) is 5.26 Å². The van der Waals surface area contributed by atoms with Crippen molar-refractivity contribution in [2.45, 2.75) is 12.6 Å². The van der Waals surface area contributed by atoms with Crippen molar-refractivity contribution in [1.29, 1.82) is 5.26 Å². The van der Waals surface area contributed by atoms with E-state index in [1.807, 2.05) is 77.7 Å². The molecule has 2 fully saturated rings. The minimum absolute atomic E-state index is 0.0664. The van der Waals surface area contributed by atoms with Crippen LogP contribution in [0.2, 0.25) is 0 Å². The zero-order chi connectivity index (χ0) is 30.0. The molecule has 0 bridgehead atoms. The molecule has 43 heavy (non-hydrogen) atoms. The number of hydrogen-bond donors (Lipinski definition) is 0. The average molecular weight is 578 g/mol. The van der Waals surface area contributed by atoms with Gasteiger partial charge in [0.15, 0.2) is 0 Å². The van der Waals surface area contributed by atoms with E-state index in [0.29, 0.717) is 44.1 Å². The van der Waals surface area contributed by atoms with Crippen molar-refractivity contribution in [3.63, 3.8) is 0 Å². The molecule has 2 aliphatic heterocycles. The Balaban J connectivity index is 1.45. The SMILES string of the molecule is C=CCOC(=O)N1CC(=O)N(Cc2ccc(C#N)c(N=C(c3ccccc3)c3ccccc3)c2)[C@@H](CN2CCOCC2)C1. The van der Waals surface area contributed by atoms with Gasteiger partial charge in [0, 0.05) is 43.9 Å². The van der Waals surface area contributed by atoms with Crippen LogP contribution in [0, 0.1) is 11.3 Å². The van der Waals surface area contributed by atoms with E-state index in [0.717, 1.165) is 35.5 Å². The monoisotopic (exact) mass is 577 g/mol. The number of nitrogens with zero attached hydrogens (tertiary/aromatic N) is 5. The van der Waals surface area contributed by atoms with Gasteiger partial charge in [0.2, 0.25) is 5.91 Å². The maximum absolute atomic E-state index is 13.5. The first-order valence-corrected chi connectivity index (χ1v) is 14.4. The van der Waals surface area contributed by atoms with Crippen LogP contribution in [-0.2, 0) is 20.8 Å². The molecule has 0 unspecified atom stereocenters. The highest BCUT2D eigenvalue weighted by atomic mass is 16.6. The molecule has 3 aromatic rings. The summed E-state index contributed by atoms with van der Waals surface area (Å²) in [6.07, 6.45) is 0.983.